The van der Waals surface area contributed by atoms with Crippen LogP contribution < -0.4 is 10.6 Å². The van der Waals surface area contributed by atoms with Crippen LogP contribution in [-0.4, -0.2) is 29.3 Å². The normalized spacial score (nSPS) is 18.5. The first-order chi connectivity index (χ1) is 14.7. The molecule has 1 aliphatic rings. The average Bonchev–Trinajstić information content (AvgIpc) is 2.94. The fraction of sp³-hybridized carbons (Fsp3) is 0.400. The first-order valence-corrected chi connectivity index (χ1v) is 10.8. The second kappa shape index (κ2) is 8.92. The Hall–Kier alpha value is -3.15. The summed E-state index contributed by atoms with van der Waals surface area (Å²) in [6, 6.07) is 13.0. The zero-order valence-corrected chi connectivity index (χ0v) is 18.9. The Bertz CT molecular complexity index is 998. The fourth-order valence-corrected chi connectivity index (χ4v) is 3.99. The molecule has 2 aromatic rings. The van der Waals surface area contributed by atoms with Gasteiger partial charge in [-0.15, -0.1) is 0 Å². The molecule has 1 fully saturated rings. The summed E-state index contributed by atoms with van der Waals surface area (Å²) in [5.74, 6) is -0.599. The van der Waals surface area contributed by atoms with E-state index < -0.39 is 23.4 Å². The maximum absolute atomic E-state index is 13.1. The lowest BCUT2D eigenvalue weighted by Crippen LogP contribution is -2.42. The number of urea groups is 1. The van der Waals surface area contributed by atoms with Crippen molar-refractivity contribution in [1.29, 1.82) is 0 Å². The minimum atomic E-state index is -1.19. The Balaban J connectivity index is 1.77. The number of nitrogens with zero attached hydrogens (tertiary/aromatic N) is 1. The third-order valence-corrected chi connectivity index (χ3v) is 5.84. The van der Waals surface area contributed by atoms with Gasteiger partial charge >= 0.3 is 6.03 Å². The van der Waals surface area contributed by atoms with Gasteiger partial charge in [0.1, 0.15) is 12.1 Å². The number of para-hydroxylation sites is 1. The molecule has 0 aliphatic carbocycles. The van der Waals surface area contributed by atoms with Crippen molar-refractivity contribution in [3.8, 4) is 0 Å². The van der Waals surface area contributed by atoms with Crippen LogP contribution in [0.1, 0.15) is 62.3 Å². The van der Waals surface area contributed by atoms with Crippen molar-refractivity contribution in [3.63, 3.8) is 0 Å². The van der Waals surface area contributed by atoms with E-state index in [1.807, 2.05) is 49.4 Å². The molecule has 0 bridgehead atoms. The van der Waals surface area contributed by atoms with Crippen molar-refractivity contribution in [1.82, 2.24) is 10.2 Å². The molecule has 1 heterocycles. The lowest BCUT2D eigenvalue weighted by Gasteiger charge is -2.22. The molecule has 2 aromatic carbocycles. The van der Waals surface area contributed by atoms with E-state index in [1.165, 1.54) is 5.56 Å². The van der Waals surface area contributed by atoms with Crippen LogP contribution in [0, 0.1) is 6.92 Å². The summed E-state index contributed by atoms with van der Waals surface area (Å²) in [7, 11) is 0. The summed E-state index contributed by atoms with van der Waals surface area (Å²) in [6.45, 7) is 9.49. The van der Waals surface area contributed by atoms with Crippen LogP contribution >= 0.6 is 0 Å². The standard InChI is InChI=1S/C25H31N3O3/c1-6-8-18-11-13-19(14-12-18)25(5)23(30)28(24(31)27-25)15-21(29)26-22-17(4)9-7-10-20(22)16(2)3/h7,9-14,16H,6,8,15H2,1-5H3,(H,26,29)(H,27,31). The molecule has 0 radical (unpaired) electrons. The quantitative estimate of drug-likeness (QED) is 0.647. The molecule has 1 unspecified atom stereocenters. The van der Waals surface area contributed by atoms with Crippen LogP contribution in [0.2, 0.25) is 0 Å². The van der Waals surface area contributed by atoms with Crippen LogP contribution in [0.4, 0.5) is 10.5 Å². The van der Waals surface area contributed by atoms with Crippen molar-refractivity contribution in [2.75, 3.05) is 11.9 Å². The van der Waals surface area contributed by atoms with Gasteiger partial charge in [0.15, 0.2) is 0 Å². The van der Waals surface area contributed by atoms with Gasteiger partial charge in [-0.3, -0.25) is 14.5 Å². The summed E-state index contributed by atoms with van der Waals surface area (Å²) in [5, 5.41) is 5.67. The molecule has 1 saturated heterocycles. The Labute approximate surface area is 184 Å². The van der Waals surface area contributed by atoms with Crippen molar-refractivity contribution >= 4 is 23.5 Å². The van der Waals surface area contributed by atoms with Gasteiger partial charge in [0.25, 0.3) is 5.91 Å². The Morgan fingerprint density at radius 2 is 1.81 bits per heavy atom. The number of benzene rings is 2. The number of carbonyl (C=O) groups is 3. The average molecular weight is 422 g/mol. The molecule has 2 N–H and O–H groups in total. The highest BCUT2D eigenvalue weighted by atomic mass is 16.2. The van der Waals surface area contributed by atoms with Gasteiger partial charge in [-0.2, -0.15) is 0 Å². The van der Waals surface area contributed by atoms with Crippen LogP contribution in [0.3, 0.4) is 0 Å². The lowest BCUT2D eigenvalue weighted by molar-refractivity contribution is -0.133. The van der Waals surface area contributed by atoms with Crippen LogP contribution in [0.25, 0.3) is 0 Å². The monoisotopic (exact) mass is 421 g/mol. The van der Waals surface area contributed by atoms with E-state index in [-0.39, 0.29) is 12.5 Å². The highest BCUT2D eigenvalue weighted by molar-refractivity contribution is 6.10. The molecule has 1 atom stereocenters. The molecule has 0 aromatic heterocycles. The molecule has 0 spiro atoms. The highest BCUT2D eigenvalue weighted by Crippen LogP contribution is 2.30. The largest absolute Gasteiger partial charge is 0.325 e. The lowest BCUT2D eigenvalue weighted by atomic mass is 9.91. The van der Waals surface area contributed by atoms with E-state index in [0.717, 1.165) is 34.6 Å². The van der Waals surface area contributed by atoms with Gasteiger partial charge in [0, 0.05) is 5.69 Å². The summed E-state index contributed by atoms with van der Waals surface area (Å²) >= 11 is 0. The van der Waals surface area contributed by atoms with Crippen LogP contribution in [0.15, 0.2) is 42.5 Å². The predicted molar refractivity (Wildman–Crippen MR) is 122 cm³/mol. The zero-order chi connectivity index (χ0) is 22.8. The van der Waals surface area contributed by atoms with E-state index in [4.69, 9.17) is 0 Å². The van der Waals surface area contributed by atoms with Crippen molar-refractivity contribution in [3.05, 3.63) is 64.7 Å². The van der Waals surface area contributed by atoms with Crippen LogP contribution in [-0.2, 0) is 21.5 Å². The number of anilines is 1. The summed E-state index contributed by atoms with van der Waals surface area (Å²) in [4.78, 5) is 39.5. The minimum absolute atomic E-state index is 0.228. The van der Waals surface area contributed by atoms with Gasteiger partial charge in [-0.05, 0) is 48.4 Å². The molecule has 4 amide bonds. The molecule has 31 heavy (non-hydrogen) atoms. The topological polar surface area (TPSA) is 78.5 Å². The minimum Gasteiger partial charge on any atom is -0.324 e. The molecule has 164 valence electrons. The van der Waals surface area contributed by atoms with Crippen molar-refractivity contribution < 1.29 is 14.4 Å². The molecule has 3 rings (SSSR count). The van der Waals surface area contributed by atoms with Crippen molar-refractivity contribution in [2.45, 2.75) is 58.9 Å². The molecule has 6 nitrogen and oxygen atoms in total. The SMILES string of the molecule is CCCc1ccc(C2(C)NC(=O)N(CC(=O)Nc3c(C)cccc3C(C)C)C2=O)cc1. The number of nitrogens with one attached hydrogen (secondary N) is 2. The number of hydrogen-bond acceptors (Lipinski definition) is 3. The van der Waals surface area contributed by atoms with Crippen LogP contribution in [0.5, 0.6) is 0 Å². The predicted octanol–water partition coefficient (Wildman–Crippen LogP) is 4.48. The third-order valence-electron chi connectivity index (χ3n) is 5.84. The fourth-order valence-electron chi connectivity index (χ4n) is 3.99. The second-order valence-electron chi connectivity index (χ2n) is 8.64. The number of amides is 4. The van der Waals surface area contributed by atoms with Gasteiger partial charge in [0.05, 0.1) is 0 Å². The van der Waals surface area contributed by atoms with Gasteiger partial charge in [0.2, 0.25) is 5.91 Å². The third kappa shape index (κ3) is 4.48. The summed E-state index contributed by atoms with van der Waals surface area (Å²) < 4.78 is 0. The van der Waals surface area contributed by atoms with E-state index in [1.54, 1.807) is 6.92 Å². The van der Waals surface area contributed by atoms with Gasteiger partial charge in [-0.1, -0.05) is 69.7 Å². The first kappa shape index (κ1) is 22.5. The maximum Gasteiger partial charge on any atom is 0.325 e. The number of imide groups is 1. The Kier molecular flexibility index (Phi) is 6.48. The highest BCUT2D eigenvalue weighted by Gasteiger charge is 2.49. The van der Waals surface area contributed by atoms with Gasteiger partial charge in [-0.25, -0.2) is 4.79 Å². The smallest absolute Gasteiger partial charge is 0.324 e. The molecule has 0 saturated carbocycles. The molecule has 1 aliphatic heterocycles. The molecular weight excluding hydrogens is 390 g/mol. The molecule has 6 heteroatoms. The van der Waals surface area contributed by atoms with E-state index >= 15 is 0 Å². The number of rotatable bonds is 7. The Morgan fingerprint density at radius 3 is 2.42 bits per heavy atom. The number of hydrogen-bond donors (Lipinski definition) is 2. The van der Waals surface area contributed by atoms with E-state index in [0.29, 0.717) is 5.56 Å². The Morgan fingerprint density at radius 1 is 1.13 bits per heavy atom. The molecular formula is C25H31N3O3. The van der Waals surface area contributed by atoms with E-state index in [2.05, 4.69) is 31.4 Å². The van der Waals surface area contributed by atoms with E-state index in [9.17, 15) is 14.4 Å². The first-order valence-electron chi connectivity index (χ1n) is 10.8. The van der Waals surface area contributed by atoms with Crippen molar-refractivity contribution in [2.24, 2.45) is 0 Å². The number of carbonyl (C=O) groups excluding carboxylic acids is 3. The second-order valence-corrected chi connectivity index (χ2v) is 8.64. The zero-order valence-electron chi connectivity index (χ0n) is 18.9. The summed E-state index contributed by atoms with van der Waals surface area (Å²) in [5.41, 5.74) is 3.39. The maximum atomic E-state index is 13.1. The number of aryl methyl sites for hydroxylation is 2. The summed E-state index contributed by atoms with van der Waals surface area (Å²) in [6.07, 6.45) is 2.00. The van der Waals surface area contributed by atoms with Gasteiger partial charge < -0.3 is 10.6 Å².